The van der Waals surface area contributed by atoms with E-state index < -0.39 is 0 Å². The van der Waals surface area contributed by atoms with Gasteiger partial charge in [-0.1, -0.05) is 270 Å². The molecule has 0 heterocycles. The van der Waals surface area contributed by atoms with Crippen LogP contribution in [-0.2, 0) is 0 Å². The van der Waals surface area contributed by atoms with Gasteiger partial charge in [-0.05, 0) is 5.92 Å². The number of rotatable bonds is 3. The molecular formula is C41H108. The second-order valence-corrected chi connectivity index (χ2v) is 9.37. The molecule has 0 aliphatic carbocycles. The summed E-state index contributed by atoms with van der Waals surface area (Å²) in [6.07, 6.45) is 16.6. The van der Waals surface area contributed by atoms with Gasteiger partial charge in [0, 0.05) is 0 Å². The Morgan fingerprint density at radius 3 is 0.390 bits per heavy atom. The van der Waals surface area contributed by atoms with E-state index >= 15 is 0 Å². The van der Waals surface area contributed by atoms with Crippen molar-refractivity contribution in [1.29, 1.82) is 0 Å². The molecule has 0 heteroatoms. The van der Waals surface area contributed by atoms with Gasteiger partial charge in [0.2, 0.25) is 0 Å². The average molecular weight is 601 g/mol. The molecule has 0 radical (unpaired) electrons. The molecule has 0 rings (SSSR count). The maximum atomic E-state index is 2.31. The van der Waals surface area contributed by atoms with Gasteiger partial charge in [0.05, 0.1) is 0 Å². The summed E-state index contributed by atoms with van der Waals surface area (Å²) >= 11 is 0. The van der Waals surface area contributed by atoms with Gasteiger partial charge in [0.15, 0.2) is 0 Å². The highest BCUT2D eigenvalue weighted by Crippen LogP contribution is 2.07. The second-order valence-electron chi connectivity index (χ2n) is 9.37. The molecule has 0 saturated heterocycles. The number of hydrogen-bond donors (Lipinski definition) is 0. The molecule has 0 aromatic heterocycles. The number of hydrogen-bond acceptors (Lipinski definition) is 0. The van der Waals surface area contributed by atoms with Crippen molar-refractivity contribution in [3.63, 3.8) is 0 Å². The van der Waals surface area contributed by atoms with E-state index in [4.69, 9.17) is 0 Å². The van der Waals surface area contributed by atoms with Crippen molar-refractivity contribution >= 4 is 0 Å². The molecule has 0 bridgehead atoms. The Kier molecular flexibility index (Phi) is 485. The molecule has 0 aliphatic rings. The quantitative estimate of drug-likeness (QED) is 0.302. The Bertz CT molecular complexity index is 94.8. The van der Waals surface area contributed by atoms with Crippen LogP contribution in [0.15, 0.2) is 0 Å². The van der Waals surface area contributed by atoms with E-state index in [-0.39, 0.29) is 0 Å². The summed E-state index contributed by atoms with van der Waals surface area (Å²) in [4.78, 5) is 0. The standard InChI is InChI=1S/C7H16.10C3H8.2C2H6/c1-4-6-7(3)5-2;10*1-3-2;2*1-2/h7H,4-6H2,1-3H3;10*3H2,1-2H3;2*1-2H3. The average Bonchev–Trinajstić information content (AvgIpc) is 2.91. The molecule has 41 heavy (non-hydrogen) atoms. The molecule has 1 unspecified atom stereocenters. The van der Waals surface area contributed by atoms with Crippen molar-refractivity contribution in [2.45, 2.75) is 270 Å². The molecular weight excluding hydrogens is 492 g/mol. The van der Waals surface area contributed by atoms with Gasteiger partial charge in [-0.3, -0.25) is 0 Å². The molecule has 1 atom stereocenters. The highest BCUT2D eigenvalue weighted by Gasteiger charge is 1.92. The first-order chi connectivity index (χ1) is 19.5. The van der Waals surface area contributed by atoms with E-state index in [0.717, 1.165) is 5.92 Å². The van der Waals surface area contributed by atoms with Gasteiger partial charge in [-0.15, -0.1) is 0 Å². The minimum absolute atomic E-state index is 0.949. The predicted octanol–water partition coefficient (Wildman–Crippen LogP) is 19.0. The Hall–Kier alpha value is 0. The Morgan fingerprint density at radius 2 is 0.366 bits per heavy atom. The summed E-state index contributed by atoms with van der Waals surface area (Å²) in [5, 5.41) is 0. The van der Waals surface area contributed by atoms with Crippen LogP contribution in [0, 0.1) is 5.92 Å². The van der Waals surface area contributed by atoms with Crippen LogP contribution >= 0.6 is 0 Å². The van der Waals surface area contributed by atoms with Crippen LogP contribution in [0.25, 0.3) is 0 Å². The first kappa shape index (κ1) is 83.7. The van der Waals surface area contributed by atoms with E-state index in [0.29, 0.717) is 0 Å². The zero-order valence-corrected chi connectivity index (χ0v) is 36.8. The van der Waals surface area contributed by atoms with Crippen molar-refractivity contribution < 1.29 is 0 Å². The third-order valence-corrected chi connectivity index (χ3v) is 1.48. The monoisotopic (exact) mass is 601 g/mol. The fraction of sp³-hybridized carbons (Fsp3) is 1.00. The lowest BCUT2D eigenvalue weighted by Gasteiger charge is -2.02. The topological polar surface area (TPSA) is 0 Å². The molecule has 0 N–H and O–H groups in total. The van der Waals surface area contributed by atoms with E-state index in [9.17, 15) is 0 Å². The van der Waals surface area contributed by atoms with E-state index in [1.165, 1.54) is 83.5 Å². The zero-order valence-electron chi connectivity index (χ0n) is 36.8. The van der Waals surface area contributed by atoms with Crippen LogP contribution in [0.4, 0.5) is 0 Å². The lowest BCUT2D eigenvalue weighted by Crippen LogP contribution is -1.88. The van der Waals surface area contributed by atoms with Crippen molar-refractivity contribution in [2.24, 2.45) is 5.92 Å². The SMILES string of the molecule is CC.CC.CCC.CCC.CCC.CCC.CCC.CCC.CCC.CCC.CCC.CCC.CCCC(C)CC. The Morgan fingerprint density at radius 1 is 0.268 bits per heavy atom. The third-order valence-electron chi connectivity index (χ3n) is 1.48. The van der Waals surface area contributed by atoms with Crippen LogP contribution in [0.2, 0.25) is 0 Å². The molecule has 0 aromatic rings. The van der Waals surface area contributed by atoms with Crippen molar-refractivity contribution in [3.05, 3.63) is 0 Å². The van der Waals surface area contributed by atoms with Crippen LogP contribution < -0.4 is 0 Å². The summed E-state index contributed by atoms with van der Waals surface area (Å²) < 4.78 is 0. The summed E-state index contributed by atoms with van der Waals surface area (Å²) in [5.74, 6) is 0.949. The molecule has 0 spiro atoms. The summed E-state index contributed by atoms with van der Waals surface area (Å²) in [6.45, 7) is 57.3. The lowest BCUT2D eigenvalue weighted by atomic mass is 10.0. The fourth-order valence-corrected chi connectivity index (χ4v) is 0.697. The smallest absolute Gasteiger partial charge is 0.0446 e. The molecule has 0 amide bonds. The first-order valence-corrected chi connectivity index (χ1v) is 19.5. The zero-order chi connectivity index (χ0) is 36.8. The minimum atomic E-state index is 0.949. The molecule has 0 aromatic carbocycles. The van der Waals surface area contributed by atoms with Gasteiger partial charge in [0.25, 0.3) is 0 Å². The van der Waals surface area contributed by atoms with Gasteiger partial charge < -0.3 is 0 Å². The highest BCUT2D eigenvalue weighted by atomic mass is 14.0. The summed E-state index contributed by atoms with van der Waals surface area (Å²) in [6, 6.07) is 0. The molecule has 0 nitrogen and oxygen atoms in total. The first-order valence-electron chi connectivity index (χ1n) is 19.5. The van der Waals surface area contributed by atoms with Crippen molar-refractivity contribution in [3.8, 4) is 0 Å². The largest absolute Gasteiger partial charge is 0.0683 e. The van der Waals surface area contributed by atoms with E-state index in [1.807, 2.05) is 27.7 Å². The Balaban J connectivity index is -0.0000000192. The second kappa shape index (κ2) is 238. The van der Waals surface area contributed by atoms with Crippen molar-refractivity contribution in [1.82, 2.24) is 0 Å². The maximum Gasteiger partial charge on any atom is -0.0446 e. The normalized spacial score (nSPS) is 7.10. The maximum absolute atomic E-state index is 2.31. The van der Waals surface area contributed by atoms with Crippen LogP contribution in [0.1, 0.15) is 270 Å². The minimum Gasteiger partial charge on any atom is -0.0683 e. The molecule has 272 valence electrons. The highest BCUT2D eigenvalue weighted by molar-refractivity contribution is 4.45. The van der Waals surface area contributed by atoms with Gasteiger partial charge in [-0.25, -0.2) is 0 Å². The van der Waals surface area contributed by atoms with Crippen LogP contribution in [0.3, 0.4) is 0 Å². The van der Waals surface area contributed by atoms with Crippen LogP contribution in [0.5, 0.6) is 0 Å². The third kappa shape index (κ3) is 2310. The summed E-state index contributed by atoms with van der Waals surface area (Å²) in [7, 11) is 0. The molecule has 0 aliphatic heterocycles. The molecule has 0 saturated carbocycles. The van der Waals surface area contributed by atoms with E-state index in [2.05, 4.69) is 159 Å². The molecule has 0 fully saturated rings. The Labute approximate surface area is 275 Å². The summed E-state index contributed by atoms with van der Waals surface area (Å²) in [5.41, 5.74) is 0. The van der Waals surface area contributed by atoms with Gasteiger partial charge >= 0.3 is 0 Å². The van der Waals surface area contributed by atoms with Gasteiger partial charge in [-0.2, -0.15) is 0 Å². The predicted molar refractivity (Wildman–Crippen MR) is 217 cm³/mol. The lowest BCUT2D eigenvalue weighted by molar-refractivity contribution is 0.509. The van der Waals surface area contributed by atoms with Crippen LogP contribution in [-0.4, -0.2) is 0 Å². The van der Waals surface area contributed by atoms with Gasteiger partial charge in [0.1, 0.15) is 0 Å². The van der Waals surface area contributed by atoms with E-state index in [1.54, 1.807) is 0 Å². The fourth-order valence-electron chi connectivity index (χ4n) is 0.697. The van der Waals surface area contributed by atoms with Crippen molar-refractivity contribution in [2.75, 3.05) is 0 Å².